The summed E-state index contributed by atoms with van der Waals surface area (Å²) in [4.78, 5) is 0. The van der Waals surface area contributed by atoms with Gasteiger partial charge < -0.3 is 4.74 Å². The van der Waals surface area contributed by atoms with Crippen molar-refractivity contribution in [2.45, 2.75) is 108 Å². The summed E-state index contributed by atoms with van der Waals surface area (Å²) in [6, 6.07) is 18.9. The molecule has 0 aliphatic heterocycles. The Labute approximate surface area is 207 Å². The fraction of sp³-hybridized carbons (Fsp3) is 0.625. The summed E-state index contributed by atoms with van der Waals surface area (Å²) in [6.07, 6.45) is 15.7. The van der Waals surface area contributed by atoms with E-state index >= 15 is 0 Å². The molecule has 0 spiro atoms. The zero-order valence-electron chi connectivity index (χ0n) is 21.3. The molecule has 2 aliphatic rings. The molecule has 0 aromatic heterocycles. The lowest BCUT2D eigenvalue weighted by atomic mass is 9.77. The Balaban J connectivity index is 1.20. The van der Waals surface area contributed by atoms with Gasteiger partial charge in [0.25, 0.3) is 0 Å². The lowest BCUT2D eigenvalue weighted by Crippen LogP contribution is -2.21. The average molecular weight is 465 g/mol. The van der Waals surface area contributed by atoms with Crippen molar-refractivity contribution in [2.24, 2.45) is 5.92 Å². The van der Waals surface area contributed by atoms with Gasteiger partial charge in [-0.15, -0.1) is 0 Å². The van der Waals surface area contributed by atoms with Crippen LogP contribution in [-0.4, -0.2) is 19.4 Å². The Morgan fingerprint density at radius 2 is 1.21 bits per heavy atom. The summed E-state index contributed by atoms with van der Waals surface area (Å²) in [7, 11) is 0. The van der Waals surface area contributed by atoms with Gasteiger partial charge in [0, 0.05) is 6.61 Å². The van der Waals surface area contributed by atoms with Crippen LogP contribution >= 0.6 is 0 Å². The molecule has 2 fully saturated rings. The molecule has 2 saturated carbocycles. The molecule has 0 unspecified atom stereocenters. The molecular weight excluding hydrogens is 419 g/mol. The van der Waals surface area contributed by atoms with Crippen molar-refractivity contribution in [3.63, 3.8) is 0 Å². The van der Waals surface area contributed by atoms with Crippen LogP contribution in [-0.2, 0) is 17.6 Å². The van der Waals surface area contributed by atoms with Gasteiger partial charge in [-0.2, -0.15) is 0 Å². The Hall–Kier alpha value is -1.67. The lowest BCUT2D eigenvalue weighted by Gasteiger charge is -2.29. The molecule has 0 amide bonds. The zero-order valence-corrected chi connectivity index (χ0v) is 21.3. The molecule has 4 rings (SSSR count). The number of benzene rings is 2. The van der Waals surface area contributed by atoms with Crippen LogP contribution in [0.5, 0.6) is 0 Å². The maximum Gasteiger partial charge on any atom is 0.0894 e. The lowest BCUT2D eigenvalue weighted by molar-refractivity contribution is 0.0251. The van der Waals surface area contributed by atoms with Crippen LogP contribution in [0.2, 0.25) is 0 Å². The molecule has 0 radical (unpaired) electrons. The van der Waals surface area contributed by atoms with Gasteiger partial charge in [0.2, 0.25) is 0 Å². The molecule has 2 heteroatoms. The van der Waals surface area contributed by atoms with Crippen molar-refractivity contribution in [3.8, 4) is 0 Å². The van der Waals surface area contributed by atoms with E-state index in [9.17, 15) is 4.39 Å². The normalized spacial score (nSPS) is 25.4. The van der Waals surface area contributed by atoms with E-state index in [0.29, 0.717) is 17.9 Å². The first kappa shape index (κ1) is 25.4. The molecule has 186 valence electrons. The standard InChI is InChI=1S/C32H45FO/c1-2-24-34-32-21-19-31(20-22-32)30-17-11-27(12-18-30)6-5-26-9-15-29(16-10-26)28-13-7-25(8-14-28)4-3-23-33/h9-12,15-18,25,28,31-32H,2-8,13-14,19-24H2,1H3. The first-order valence-electron chi connectivity index (χ1n) is 14.1. The molecule has 2 aromatic rings. The average Bonchev–Trinajstić information content (AvgIpc) is 2.91. The maximum atomic E-state index is 12.4. The Bertz CT molecular complexity index is 740. The van der Waals surface area contributed by atoms with E-state index in [1.807, 2.05) is 0 Å². The zero-order chi connectivity index (χ0) is 23.6. The van der Waals surface area contributed by atoms with E-state index in [0.717, 1.165) is 44.6 Å². The molecule has 0 saturated heterocycles. The van der Waals surface area contributed by atoms with Gasteiger partial charge in [-0.25, -0.2) is 0 Å². The van der Waals surface area contributed by atoms with Crippen molar-refractivity contribution in [3.05, 3.63) is 70.8 Å². The molecule has 2 aliphatic carbocycles. The second kappa shape index (κ2) is 13.4. The minimum absolute atomic E-state index is 0.151. The van der Waals surface area contributed by atoms with Crippen LogP contribution in [0.4, 0.5) is 4.39 Å². The number of aryl methyl sites for hydroxylation is 2. The summed E-state index contributed by atoms with van der Waals surface area (Å²) in [5, 5.41) is 0. The summed E-state index contributed by atoms with van der Waals surface area (Å²) in [5.74, 6) is 2.17. The number of hydrogen-bond acceptors (Lipinski definition) is 1. The van der Waals surface area contributed by atoms with Crippen molar-refractivity contribution in [2.75, 3.05) is 13.3 Å². The summed E-state index contributed by atoms with van der Waals surface area (Å²) < 4.78 is 18.4. The second-order valence-electron chi connectivity index (χ2n) is 10.9. The van der Waals surface area contributed by atoms with Crippen molar-refractivity contribution >= 4 is 0 Å². The van der Waals surface area contributed by atoms with Crippen molar-refractivity contribution in [1.29, 1.82) is 0 Å². The number of alkyl halides is 1. The second-order valence-corrected chi connectivity index (χ2v) is 10.9. The van der Waals surface area contributed by atoms with Gasteiger partial charge in [0.15, 0.2) is 0 Å². The molecule has 0 bridgehead atoms. The van der Waals surface area contributed by atoms with Crippen molar-refractivity contribution in [1.82, 2.24) is 0 Å². The van der Waals surface area contributed by atoms with Crippen LogP contribution in [0.3, 0.4) is 0 Å². The molecular formula is C32H45FO. The van der Waals surface area contributed by atoms with E-state index in [1.54, 1.807) is 0 Å². The number of hydrogen-bond donors (Lipinski definition) is 0. The van der Waals surface area contributed by atoms with E-state index in [-0.39, 0.29) is 6.67 Å². The SMILES string of the molecule is CCCOC1CCC(c2ccc(CCc3ccc(C4CCC(CCCF)CC4)cc3)cc2)CC1. The van der Waals surface area contributed by atoms with Gasteiger partial charge in [-0.3, -0.25) is 4.39 Å². The van der Waals surface area contributed by atoms with Gasteiger partial charge in [0.1, 0.15) is 0 Å². The summed E-state index contributed by atoms with van der Waals surface area (Å²) in [6.45, 7) is 2.95. The van der Waals surface area contributed by atoms with Crippen LogP contribution < -0.4 is 0 Å². The highest BCUT2D eigenvalue weighted by Gasteiger charge is 2.23. The molecule has 0 N–H and O–H groups in total. The van der Waals surface area contributed by atoms with Gasteiger partial charge in [-0.1, -0.05) is 55.5 Å². The topological polar surface area (TPSA) is 9.23 Å². The van der Waals surface area contributed by atoms with Crippen LogP contribution in [0.1, 0.15) is 112 Å². The van der Waals surface area contributed by atoms with E-state index in [2.05, 4.69) is 55.5 Å². The third-order valence-electron chi connectivity index (χ3n) is 8.43. The van der Waals surface area contributed by atoms with Gasteiger partial charge in [0.05, 0.1) is 12.8 Å². The van der Waals surface area contributed by atoms with Gasteiger partial charge >= 0.3 is 0 Å². The van der Waals surface area contributed by atoms with Crippen LogP contribution in [0.25, 0.3) is 0 Å². The minimum atomic E-state index is -0.151. The minimum Gasteiger partial charge on any atom is -0.378 e. The first-order valence-corrected chi connectivity index (χ1v) is 14.1. The fourth-order valence-electron chi connectivity index (χ4n) is 6.20. The predicted octanol–water partition coefficient (Wildman–Crippen LogP) is 8.95. The highest BCUT2D eigenvalue weighted by atomic mass is 19.1. The molecule has 2 aromatic carbocycles. The van der Waals surface area contributed by atoms with E-state index in [4.69, 9.17) is 4.74 Å². The first-order chi connectivity index (χ1) is 16.7. The summed E-state index contributed by atoms with van der Waals surface area (Å²) in [5.41, 5.74) is 5.91. The highest BCUT2D eigenvalue weighted by molar-refractivity contribution is 5.29. The largest absolute Gasteiger partial charge is 0.378 e. The van der Waals surface area contributed by atoms with Crippen LogP contribution in [0, 0.1) is 5.92 Å². The molecule has 34 heavy (non-hydrogen) atoms. The number of ether oxygens (including phenoxy) is 1. The smallest absolute Gasteiger partial charge is 0.0894 e. The monoisotopic (exact) mass is 464 g/mol. The molecule has 1 nitrogen and oxygen atoms in total. The predicted molar refractivity (Wildman–Crippen MR) is 141 cm³/mol. The van der Waals surface area contributed by atoms with Crippen molar-refractivity contribution < 1.29 is 9.13 Å². The third-order valence-corrected chi connectivity index (χ3v) is 8.43. The Morgan fingerprint density at radius 3 is 1.68 bits per heavy atom. The Kier molecular flexibility index (Phi) is 10.0. The Morgan fingerprint density at radius 1 is 0.706 bits per heavy atom. The number of rotatable bonds is 11. The number of halogens is 1. The van der Waals surface area contributed by atoms with E-state index in [1.165, 1.54) is 73.6 Å². The maximum absolute atomic E-state index is 12.4. The van der Waals surface area contributed by atoms with Gasteiger partial charge in [-0.05, 0) is 123 Å². The molecule has 0 heterocycles. The fourth-order valence-corrected chi connectivity index (χ4v) is 6.20. The van der Waals surface area contributed by atoms with Crippen LogP contribution in [0.15, 0.2) is 48.5 Å². The highest BCUT2D eigenvalue weighted by Crippen LogP contribution is 2.38. The quantitative estimate of drug-likeness (QED) is 0.322. The molecule has 0 atom stereocenters. The third kappa shape index (κ3) is 7.41. The summed E-state index contributed by atoms with van der Waals surface area (Å²) >= 11 is 0. The van der Waals surface area contributed by atoms with E-state index < -0.39 is 0 Å².